The molecule has 2 fully saturated rings. The van der Waals surface area contributed by atoms with Gasteiger partial charge in [0.1, 0.15) is 12.4 Å². The molecule has 0 spiro atoms. The van der Waals surface area contributed by atoms with E-state index in [0.29, 0.717) is 126 Å². The Bertz CT molecular complexity index is 2110. The molecule has 0 saturated carbocycles. The Morgan fingerprint density at radius 2 is 1.34 bits per heavy atom. The molecular weight excluding hydrogens is 928 g/mol. The molecule has 5 rings (SSSR count). The van der Waals surface area contributed by atoms with Crippen molar-refractivity contribution < 1.29 is 52.0 Å². The predicted octanol–water partition coefficient (Wildman–Crippen LogP) is 4.70. The maximum atomic E-state index is 14.5. The van der Waals surface area contributed by atoms with Crippen LogP contribution in [0.3, 0.4) is 0 Å². The summed E-state index contributed by atoms with van der Waals surface area (Å²) in [4.78, 5) is 67.8. The summed E-state index contributed by atoms with van der Waals surface area (Å²) in [6.45, 7) is 8.56. The number of carbonyl (C=O) groups excluding carboxylic acids is 5. The number of nitrogens with one attached hydrogen (secondary N) is 8. The van der Waals surface area contributed by atoms with Gasteiger partial charge in [-0.05, 0) is 80.6 Å². The number of aromatic nitrogens is 2. The van der Waals surface area contributed by atoms with Gasteiger partial charge in [-0.15, -0.1) is 0 Å². The van der Waals surface area contributed by atoms with Crippen LogP contribution in [-0.4, -0.2) is 142 Å². The van der Waals surface area contributed by atoms with Gasteiger partial charge in [-0.1, -0.05) is 19.1 Å². The number of anilines is 5. The lowest BCUT2D eigenvalue weighted by molar-refractivity contribution is -0.123. The SMILES string of the molecule is C=CC(=O)Nc1cccc(Nc2nc(Nc3ccc(OCCOCCNC(=O)CCCC(=O)NCCCOCCOCCOCCCNC(=O)CCCCC4SC[C@@H]5NC(=O)N[C@H]45)cc3)ncc2F)c1. The molecule has 0 radical (unpaired) electrons. The molecule has 0 aliphatic carbocycles. The topological polar surface area (TPSA) is 254 Å². The van der Waals surface area contributed by atoms with Crippen molar-refractivity contribution in [1.82, 2.24) is 36.6 Å². The van der Waals surface area contributed by atoms with Gasteiger partial charge in [0.2, 0.25) is 29.6 Å². The van der Waals surface area contributed by atoms with E-state index in [9.17, 15) is 28.4 Å². The van der Waals surface area contributed by atoms with Gasteiger partial charge in [-0.2, -0.15) is 16.7 Å². The van der Waals surface area contributed by atoms with Gasteiger partial charge in [0, 0.05) is 80.2 Å². The molecule has 3 aromatic rings. The highest BCUT2D eigenvalue weighted by atomic mass is 32.2. The van der Waals surface area contributed by atoms with Crippen LogP contribution in [0.2, 0.25) is 0 Å². The van der Waals surface area contributed by atoms with Crippen LogP contribution < -0.4 is 47.3 Å². The number of hydrogen-bond acceptors (Lipinski definition) is 15. The minimum atomic E-state index is -0.657. The van der Waals surface area contributed by atoms with Crippen molar-refractivity contribution in [3.05, 3.63) is 73.2 Å². The molecule has 2 saturated heterocycles. The molecule has 3 heterocycles. The van der Waals surface area contributed by atoms with Crippen molar-refractivity contribution in [1.29, 1.82) is 0 Å². The van der Waals surface area contributed by atoms with E-state index in [-0.39, 0.29) is 66.4 Å². The number of amides is 6. The Morgan fingerprint density at radius 3 is 2.04 bits per heavy atom. The third-order valence-electron chi connectivity index (χ3n) is 10.7. The van der Waals surface area contributed by atoms with E-state index in [0.717, 1.165) is 43.7 Å². The van der Waals surface area contributed by atoms with E-state index < -0.39 is 5.82 Å². The van der Waals surface area contributed by atoms with Crippen molar-refractivity contribution >= 4 is 70.3 Å². The summed E-state index contributed by atoms with van der Waals surface area (Å²) in [6, 6.07) is 14.1. The molecule has 6 amide bonds. The molecule has 70 heavy (non-hydrogen) atoms. The van der Waals surface area contributed by atoms with Crippen LogP contribution in [0.15, 0.2) is 67.4 Å². The Morgan fingerprint density at radius 1 is 0.714 bits per heavy atom. The van der Waals surface area contributed by atoms with Crippen LogP contribution in [-0.2, 0) is 38.1 Å². The largest absolute Gasteiger partial charge is 0.491 e. The second kappa shape index (κ2) is 31.9. The molecule has 2 aromatic carbocycles. The van der Waals surface area contributed by atoms with Crippen LogP contribution >= 0.6 is 11.8 Å². The van der Waals surface area contributed by atoms with Crippen LogP contribution in [0.25, 0.3) is 0 Å². The lowest BCUT2D eigenvalue weighted by Crippen LogP contribution is -2.36. The first-order valence-electron chi connectivity index (χ1n) is 23.8. The van der Waals surface area contributed by atoms with Gasteiger partial charge in [0.05, 0.1) is 57.9 Å². The summed E-state index contributed by atoms with van der Waals surface area (Å²) in [6.07, 6.45) is 7.83. The van der Waals surface area contributed by atoms with Gasteiger partial charge < -0.3 is 66.2 Å². The fourth-order valence-electron chi connectivity index (χ4n) is 7.16. The number of halogens is 1. The van der Waals surface area contributed by atoms with Crippen molar-refractivity contribution in [2.45, 2.75) is 75.1 Å². The predicted molar refractivity (Wildman–Crippen MR) is 265 cm³/mol. The first-order chi connectivity index (χ1) is 34.1. The third-order valence-corrected chi connectivity index (χ3v) is 12.2. The first kappa shape index (κ1) is 54.9. The summed E-state index contributed by atoms with van der Waals surface area (Å²) in [7, 11) is 0. The molecule has 2 aliphatic rings. The molecular formula is C48H67FN10O10S. The van der Waals surface area contributed by atoms with E-state index in [1.165, 1.54) is 0 Å². The Labute approximate surface area is 412 Å². The van der Waals surface area contributed by atoms with Crippen LogP contribution in [0.4, 0.5) is 38.0 Å². The lowest BCUT2D eigenvalue weighted by atomic mass is 10.0. The zero-order chi connectivity index (χ0) is 49.6. The highest BCUT2D eigenvalue weighted by Crippen LogP contribution is 2.33. The highest BCUT2D eigenvalue weighted by molar-refractivity contribution is 8.00. The Balaban J connectivity index is 0.751. The van der Waals surface area contributed by atoms with Gasteiger partial charge in [0.15, 0.2) is 11.6 Å². The molecule has 1 unspecified atom stereocenters. The Hall–Kier alpha value is -6.07. The number of fused-ring (bicyclic) bond motifs is 1. The van der Waals surface area contributed by atoms with Crippen LogP contribution in [0, 0.1) is 5.82 Å². The molecule has 382 valence electrons. The summed E-state index contributed by atoms with van der Waals surface area (Å²) in [5.41, 5.74) is 1.66. The zero-order valence-corrected chi connectivity index (χ0v) is 40.3. The number of unbranched alkanes of at least 4 members (excludes halogenated alkanes) is 1. The number of benzene rings is 2. The number of nitrogens with zero attached hydrogens (tertiary/aromatic N) is 2. The van der Waals surface area contributed by atoms with Crippen LogP contribution in [0.1, 0.15) is 57.8 Å². The van der Waals surface area contributed by atoms with Gasteiger partial charge in [-0.3, -0.25) is 19.2 Å². The molecule has 22 heteroatoms. The fourth-order valence-corrected chi connectivity index (χ4v) is 8.70. The summed E-state index contributed by atoms with van der Waals surface area (Å²) in [5, 5.41) is 23.5. The van der Waals surface area contributed by atoms with Crippen molar-refractivity contribution in [3.63, 3.8) is 0 Å². The number of urea groups is 1. The van der Waals surface area contributed by atoms with E-state index in [1.807, 2.05) is 11.8 Å². The number of ether oxygens (including phenoxy) is 5. The maximum Gasteiger partial charge on any atom is 0.315 e. The molecule has 8 N–H and O–H groups in total. The normalized spacial score (nSPS) is 15.8. The van der Waals surface area contributed by atoms with E-state index in [2.05, 4.69) is 59.1 Å². The highest BCUT2D eigenvalue weighted by Gasteiger charge is 2.42. The van der Waals surface area contributed by atoms with Crippen molar-refractivity contribution in [2.24, 2.45) is 0 Å². The molecule has 20 nitrogen and oxygen atoms in total. The van der Waals surface area contributed by atoms with E-state index in [1.54, 1.807) is 48.5 Å². The van der Waals surface area contributed by atoms with E-state index in [4.69, 9.17) is 23.7 Å². The molecule has 2 aliphatic heterocycles. The smallest absolute Gasteiger partial charge is 0.315 e. The minimum absolute atomic E-state index is 0.0528. The number of rotatable bonds is 36. The fraction of sp³-hybridized carbons (Fsp3) is 0.521. The molecule has 1 aromatic heterocycles. The van der Waals surface area contributed by atoms with Crippen molar-refractivity contribution in [2.75, 3.05) is 101 Å². The maximum absolute atomic E-state index is 14.5. The van der Waals surface area contributed by atoms with Crippen LogP contribution in [0.5, 0.6) is 5.75 Å². The minimum Gasteiger partial charge on any atom is -0.491 e. The Kier molecular flexibility index (Phi) is 25.0. The second-order valence-corrected chi connectivity index (χ2v) is 17.5. The first-order valence-corrected chi connectivity index (χ1v) is 24.8. The molecule has 3 atom stereocenters. The monoisotopic (exact) mass is 994 g/mol. The summed E-state index contributed by atoms with van der Waals surface area (Å²) >= 11 is 1.89. The van der Waals surface area contributed by atoms with Gasteiger partial charge in [-0.25, -0.2) is 14.2 Å². The zero-order valence-electron chi connectivity index (χ0n) is 39.5. The summed E-state index contributed by atoms with van der Waals surface area (Å²) < 4.78 is 42.5. The second-order valence-electron chi connectivity index (χ2n) is 16.2. The standard InChI is InChI=1S/C48H67FN10O10S/c1-2-41(60)54-35-9-5-10-36(31-35)55-46-38(49)32-53-47(59-46)56-34-15-17-37(18-16-34)69-30-29-67-24-21-52-44(63)14-6-13-43(62)51-20-8-23-66-26-28-68-27-25-65-22-7-19-50-42(61)12-4-3-11-40-45-39(33-70-40)57-48(64)58-45/h2,5,9-10,15-18,31-32,39-40,45H,1,3-4,6-8,11-14,19-30,33H2,(H,50,61)(H,51,62)(H,52,63)(H,54,60)(H2,57,58,64)(H2,53,55,56,59)/t39-,40?,45-/m0/s1. The average molecular weight is 995 g/mol. The quantitative estimate of drug-likeness (QED) is 0.0223. The van der Waals surface area contributed by atoms with Crippen molar-refractivity contribution in [3.8, 4) is 5.75 Å². The number of thioether (sulfide) groups is 1. The lowest BCUT2D eigenvalue weighted by Gasteiger charge is -2.16. The summed E-state index contributed by atoms with van der Waals surface area (Å²) in [5.74, 6) is 0.433. The average Bonchev–Trinajstić information content (AvgIpc) is 3.91. The van der Waals surface area contributed by atoms with Gasteiger partial charge >= 0.3 is 6.03 Å². The third kappa shape index (κ3) is 21.7. The molecule has 0 bridgehead atoms. The number of carbonyl (C=O) groups is 5. The number of hydrogen-bond donors (Lipinski definition) is 8. The van der Waals surface area contributed by atoms with Gasteiger partial charge in [0.25, 0.3) is 0 Å². The van der Waals surface area contributed by atoms with E-state index >= 15 is 0 Å².